The summed E-state index contributed by atoms with van der Waals surface area (Å²) in [5, 5.41) is 3.02. The second kappa shape index (κ2) is 8.28. The zero-order valence-corrected chi connectivity index (χ0v) is 17.8. The minimum absolute atomic E-state index is 0.0856. The van der Waals surface area contributed by atoms with Gasteiger partial charge in [-0.15, -0.1) is 0 Å². The Balaban J connectivity index is 1.55. The first-order chi connectivity index (χ1) is 14.4. The number of rotatable bonds is 5. The molecule has 2 saturated heterocycles. The minimum atomic E-state index is -3.22. The number of nitrogens with zero attached hydrogens (tertiary/aromatic N) is 1. The Kier molecular flexibility index (Phi) is 5.71. The number of sulfonamides is 1. The smallest absolute Gasteiger partial charge is 0.235 e. The number of carbonyl (C=O) groups excluding carboxylic acids is 1. The number of benzene rings is 2. The van der Waals surface area contributed by atoms with Crippen LogP contribution >= 0.6 is 0 Å². The van der Waals surface area contributed by atoms with E-state index in [0.29, 0.717) is 50.4 Å². The van der Waals surface area contributed by atoms with Crippen molar-refractivity contribution in [3.8, 4) is 5.75 Å². The molecule has 2 aliphatic rings. The number of anilines is 2. The van der Waals surface area contributed by atoms with E-state index in [-0.39, 0.29) is 11.7 Å². The minimum Gasteiger partial charge on any atom is -0.497 e. The van der Waals surface area contributed by atoms with Crippen molar-refractivity contribution in [1.82, 2.24) is 0 Å². The molecule has 1 amide bonds. The lowest BCUT2D eigenvalue weighted by Gasteiger charge is -2.36. The molecule has 4 rings (SSSR count). The van der Waals surface area contributed by atoms with E-state index in [9.17, 15) is 13.2 Å². The first kappa shape index (κ1) is 20.7. The van der Waals surface area contributed by atoms with Gasteiger partial charge in [0.2, 0.25) is 15.9 Å². The number of carbonyl (C=O) groups is 1. The Morgan fingerprint density at radius 2 is 1.73 bits per heavy atom. The fourth-order valence-electron chi connectivity index (χ4n) is 4.17. The third kappa shape index (κ3) is 3.89. The zero-order chi connectivity index (χ0) is 21.2. The average Bonchev–Trinajstić information content (AvgIpc) is 3.13. The van der Waals surface area contributed by atoms with Crippen molar-refractivity contribution >= 4 is 27.3 Å². The van der Waals surface area contributed by atoms with Crippen LogP contribution in [-0.4, -0.2) is 46.9 Å². The zero-order valence-electron chi connectivity index (χ0n) is 17.0. The van der Waals surface area contributed by atoms with E-state index in [1.54, 1.807) is 31.4 Å². The van der Waals surface area contributed by atoms with E-state index in [1.165, 1.54) is 4.31 Å². The van der Waals surface area contributed by atoms with Gasteiger partial charge in [-0.3, -0.25) is 9.10 Å². The maximum Gasteiger partial charge on any atom is 0.235 e. The van der Waals surface area contributed by atoms with Gasteiger partial charge < -0.3 is 14.8 Å². The van der Waals surface area contributed by atoms with E-state index in [4.69, 9.17) is 9.47 Å². The van der Waals surface area contributed by atoms with Gasteiger partial charge in [0.1, 0.15) is 5.75 Å². The van der Waals surface area contributed by atoms with Crippen LogP contribution in [0.1, 0.15) is 24.8 Å². The SMILES string of the molecule is COc1ccc(C2(C(=O)Nc3ccc(N4CCCS4(=O)=O)cc3)CCOCC2)cc1. The predicted molar refractivity (Wildman–Crippen MR) is 116 cm³/mol. The van der Waals surface area contributed by atoms with E-state index in [0.717, 1.165) is 11.3 Å². The molecule has 30 heavy (non-hydrogen) atoms. The Labute approximate surface area is 177 Å². The molecule has 0 radical (unpaired) electrons. The molecule has 0 bridgehead atoms. The van der Waals surface area contributed by atoms with Crippen molar-refractivity contribution in [3.05, 3.63) is 54.1 Å². The summed E-state index contributed by atoms with van der Waals surface area (Å²) in [5.74, 6) is 0.837. The molecule has 7 nitrogen and oxygen atoms in total. The second-order valence-corrected chi connectivity index (χ2v) is 9.68. The largest absolute Gasteiger partial charge is 0.497 e. The molecule has 2 heterocycles. The normalized spacial score (nSPS) is 20.0. The van der Waals surface area contributed by atoms with Gasteiger partial charge in [-0.05, 0) is 61.2 Å². The Morgan fingerprint density at radius 3 is 2.30 bits per heavy atom. The Hall–Kier alpha value is -2.58. The van der Waals surface area contributed by atoms with E-state index in [1.807, 2.05) is 24.3 Å². The number of nitrogens with one attached hydrogen (secondary N) is 1. The topological polar surface area (TPSA) is 84.9 Å². The molecule has 2 fully saturated rings. The van der Waals surface area contributed by atoms with Crippen molar-refractivity contribution in [1.29, 1.82) is 0 Å². The van der Waals surface area contributed by atoms with Crippen molar-refractivity contribution in [2.75, 3.05) is 42.2 Å². The van der Waals surface area contributed by atoms with Crippen molar-refractivity contribution in [3.63, 3.8) is 0 Å². The van der Waals surface area contributed by atoms with Crippen LogP contribution in [0.4, 0.5) is 11.4 Å². The molecule has 2 aliphatic heterocycles. The summed E-state index contributed by atoms with van der Waals surface area (Å²) in [6, 6.07) is 14.6. The summed E-state index contributed by atoms with van der Waals surface area (Å²) in [6.45, 7) is 1.53. The first-order valence-electron chi connectivity index (χ1n) is 10.1. The molecular weight excluding hydrogens is 404 g/mol. The maximum absolute atomic E-state index is 13.4. The second-order valence-electron chi connectivity index (χ2n) is 7.67. The predicted octanol–water partition coefficient (Wildman–Crippen LogP) is 2.92. The molecular formula is C22H26N2O5S. The summed E-state index contributed by atoms with van der Waals surface area (Å²) in [4.78, 5) is 13.4. The van der Waals surface area contributed by atoms with Crippen LogP contribution in [0.2, 0.25) is 0 Å². The van der Waals surface area contributed by atoms with Crippen LogP contribution in [0.5, 0.6) is 5.75 Å². The molecule has 0 unspecified atom stereocenters. The van der Waals surface area contributed by atoms with Crippen LogP contribution in [0.15, 0.2) is 48.5 Å². The summed E-state index contributed by atoms with van der Waals surface area (Å²) < 4.78 is 36.4. The Bertz CT molecular complexity index is 997. The third-order valence-electron chi connectivity index (χ3n) is 5.94. The van der Waals surface area contributed by atoms with Gasteiger partial charge in [-0.1, -0.05) is 12.1 Å². The van der Waals surface area contributed by atoms with Gasteiger partial charge in [-0.2, -0.15) is 0 Å². The quantitative estimate of drug-likeness (QED) is 0.788. The molecule has 2 aromatic rings. The third-order valence-corrected chi connectivity index (χ3v) is 7.81. The molecule has 2 aromatic carbocycles. The lowest BCUT2D eigenvalue weighted by molar-refractivity contribution is -0.125. The summed E-state index contributed by atoms with van der Waals surface area (Å²) >= 11 is 0. The molecule has 1 N–H and O–H groups in total. The molecule has 0 aliphatic carbocycles. The molecule has 0 saturated carbocycles. The van der Waals surface area contributed by atoms with Crippen molar-refractivity contribution in [2.45, 2.75) is 24.7 Å². The molecule has 0 spiro atoms. The van der Waals surface area contributed by atoms with Gasteiger partial charge in [0, 0.05) is 25.4 Å². The number of hydrogen-bond acceptors (Lipinski definition) is 5. The highest BCUT2D eigenvalue weighted by atomic mass is 32.2. The van der Waals surface area contributed by atoms with Crippen LogP contribution in [0.3, 0.4) is 0 Å². The van der Waals surface area contributed by atoms with E-state index < -0.39 is 15.4 Å². The fourth-order valence-corrected chi connectivity index (χ4v) is 5.73. The van der Waals surface area contributed by atoms with E-state index in [2.05, 4.69) is 5.32 Å². The lowest BCUT2D eigenvalue weighted by atomic mass is 9.73. The molecule has 0 atom stereocenters. The van der Waals surface area contributed by atoms with Gasteiger partial charge in [0.05, 0.1) is 24.0 Å². The van der Waals surface area contributed by atoms with Crippen LogP contribution in [0, 0.1) is 0 Å². The molecule has 8 heteroatoms. The lowest BCUT2D eigenvalue weighted by Crippen LogP contribution is -2.44. The number of amides is 1. The molecule has 0 aromatic heterocycles. The number of hydrogen-bond donors (Lipinski definition) is 1. The Morgan fingerprint density at radius 1 is 1.07 bits per heavy atom. The van der Waals surface area contributed by atoms with Crippen LogP contribution in [0.25, 0.3) is 0 Å². The van der Waals surface area contributed by atoms with Crippen LogP contribution in [-0.2, 0) is 25.0 Å². The van der Waals surface area contributed by atoms with Crippen LogP contribution < -0.4 is 14.4 Å². The number of methoxy groups -OCH3 is 1. The van der Waals surface area contributed by atoms with E-state index >= 15 is 0 Å². The first-order valence-corrected chi connectivity index (χ1v) is 11.7. The maximum atomic E-state index is 13.4. The highest BCUT2D eigenvalue weighted by Crippen LogP contribution is 2.37. The summed E-state index contributed by atoms with van der Waals surface area (Å²) in [6.07, 6.45) is 1.82. The highest BCUT2D eigenvalue weighted by molar-refractivity contribution is 7.93. The van der Waals surface area contributed by atoms with Gasteiger partial charge in [-0.25, -0.2) is 8.42 Å². The summed E-state index contributed by atoms with van der Waals surface area (Å²) in [5.41, 5.74) is 1.52. The molecule has 160 valence electrons. The van der Waals surface area contributed by atoms with Crippen molar-refractivity contribution in [2.24, 2.45) is 0 Å². The van der Waals surface area contributed by atoms with Gasteiger partial charge >= 0.3 is 0 Å². The average molecular weight is 431 g/mol. The standard InChI is InChI=1S/C22H26N2O5S/c1-28-20-9-3-17(4-10-20)22(11-14-29-15-12-22)21(25)23-18-5-7-19(8-6-18)24-13-2-16-30(24,26)27/h3-10H,2,11-16H2,1H3,(H,23,25). The number of ether oxygens (including phenoxy) is 2. The van der Waals surface area contributed by atoms with Crippen molar-refractivity contribution < 1.29 is 22.7 Å². The van der Waals surface area contributed by atoms with Gasteiger partial charge in [0.25, 0.3) is 0 Å². The monoisotopic (exact) mass is 430 g/mol. The summed E-state index contributed by atoms with van der Waals surface area (Å²) in [7, 11) is -1.61. The fraction of sp³-hybridized carbons (Fsp3) is 0.409. The van der Waals surface area contributed by atoms with Gasteiger partial charge in [0.15, 0.2) is 0 Å². The highest BCUT2D eigenvalue weighted by Gasteiger charge is 2.41.